The van der Waals surface area contributed by atoms with Crippen LogP contribution in [0.2, 0.25) is 0 Å². The van der Waals surface area contributed by atoms with Crippen LogP contribution in [0, 0.1) is 0 Å². The van der Waals surface area contributed by atoms with Gasteiger partial charge in [-0.1, -0.05) is 0 Å². The van der Waals surface area contributed by atoms with E-state index < -0.39 is 0 Å². The van der Waals surface area contributed by atoms with E-state index in [1.807, 2.05) is 6.92 Å². The van der Waals surface area contributed by atoms with Crippen molar-refractivity contribution >= 4 is 11.0 Å². The van der Waals surface area contributed by atoms with Gasteiger partial charge >= 0.3 is 0 Å². The Morgan fingerprint density at radius 1 is 1.67 bits per heavy atom. The van der Waals surface area contributed by atoms with Crippen LogP contribution in [0.4, 0.5) is 0 Å². The van der Waals surface area contributed by atoms with E-state index in [1.165, 1.54) is 11.0 Å². The molecule has 2 aromatic rings. The first kappa shape index (κ1) is 7.02. The molecule has 0 aliphatic rings. The Hall–Kier alpha value is -1.65. The maximum absolute atomic E-state index is 11.4. The van der Waals surface area contributed by atoms with Crippen LogP contribution in [0.1, 0.15) is 6.92 Å². The molecule has 0 radical (unpaired) electrons. The van der Waals surface area contributed by atoms with Crippen molar-refractivity contribution in [1.82, 2.24) is 19.7 Å². The first-order chi connectivity index (χ1) is 5.83. The molecule has 2 rings (SSSR count). The number of aromatic nitrogens is 4. The highest BCUT2D eigenvalue weighted by molar-refractivity contribution is 5.71. The van der Waals surface area contributed by atoms with Crippen molar-refractivity contribution in [1.29, 1.82) is 0 Å². The highest BCUT2D eigenvalue weighted by Gasteiger charge is 2.04. The maximum Gasteiger partial charge on any atom is 0.293 e. The van der Waals surface area contributed by atoms with Crippen molar-refractivity contribution in [3.05, 3.63) is 22.9 Å². The third-order valence-corrected chi connectivity index (χ3v) is 1.73. The molecule has 0 atom stereocenters. The van der Waals surface area contributed by atoms with E-state index in [0.29, 0.717) is 17.6 Å². The summed E-state index contributed by atoms with van der Waals surface area (Å²) in [4.78, 5) is 19.1. The second-order valence-corrected chi connectivity index (χ2v) is 2.45. The largest absolute Gasteiger partial charge is 0.293 e. The van der Waals surface area contributed by atoms with Gasteiger partial charge in [-0.2, -0.15) is 0 Å². The van der Waals surface area contributed by atoms with Gasteiger partial charge in [0.05, 0.1) is 6.20 Å². The monoisotopic (exact) mass is 164 g/mol. The molecular weight excluding hydrogens is 156 g/mol. The zero-order valence-corrected chi connectivity index (χ0v) is 6.61. The van der Waals surface area contributed by atoms with Crippen LogP contribution < -0.4 is 5.56 Å². The summed E-state index contributed by atoms with van der Waals surface area (Å²) < 4.78 is 1.50. The Morgan fingerprint density at radius 3 is 3.17 bits per heavy atom. The number of aryl methyl sites for hydroxylation is 1. The molecule has 5 heteroatoms. The molecule has 0 aliphatic carbocycles. The van der Waals surface area contributed by atoms with Crippen molar-refractivity contribution in [2.75, 3.05) is 0 Å². The highest BCUT2D eigenvalue weighted by atomic mass is 16.1. The Labute approximate surface area is 68.1 Å². The lowest BCUT2D eigenvalue weighted by molar-refractivity contribution is 0.645. The van der Waals surface area contributed by atoms with Gasteiger partial charge < -0.3 is 0 Å². The minimum absolute atomic E-state index is 0.0881. The molecule has 0 spiro atoms. The topological polar surface area (TPSA) is 63.6 Å². The van der Waals surface area contributed by atoms with Gasteiger partial charge in [0, 0.05) is 6.54 Å². The number of H-pyrrole nitrogens is 1. The maximum atomic E-state index is 11.4. The zero-order valence-electron chi connectivity index (χ0n) is 6.61. The molecule has 0 saturated carbocycles. The van der Waals surface area contributed by atoms with Crippen molar-refractivity contribution in [3.63, 3.8) is 0 Å². The lowest BCUT2D eigenvalue weighted by Gasteiger charge is -1.89. The summed E-state index contributed by atoms with van der Waals surface area (Å²) >= 11 is 0. The van der Waals surface area contributed by atoms with Gasteiger partial charge in [0.25, 0.3) is 5.56 Å². The molecule has 0 bridgehead atoms. The minimum atomic E-state index is -0.0881. The lowest BCUT2D eigenvalue weighted by atomic mass is 10.5. The van der Waals surface area contributed by atoms with E-state index in [1.54, 1.807) is 6.20 Å². The molecule has 0 saturated heterocycles. The number of rotatable bonds is 1. The van der Waals surface area contributed by atoms with Gasteiger partial charge in [-0.25, -0.2) is 9.97 Å². The van der Waals surface area contributed by atoms with Gasteiger partial charge in [0.2, 0.25) is 0 Å². The Bertz CT molecular complexity index is 456. The number of hydrogen-bond donors (Lipinski definition) is 1. The lowest BCUT2D eigenvalue weighted by Crippen LogP contribution is -2.15. The van der Waals surface area contributed by atoms with E-state index in [0.717, 1.165) is 0 Å². The average Bonchev–Trinajstić information content (AvgIpc) is 2.44. The van der Waals surface area contributed by atoms with Gasteiger partial charge in [-0.15, -0.1) is 0 Å². The van der Waals surface area contributed by atoms with Crippen LogP contribution in [0.15, 0.2) is 17.3 Å². The molecule has 0 fully saturated rings. The van der Waals surface area contributed by atoms with E-state index >= 15 is 0 Å². The van der Waals surface area contributed by atoms with Crippen molar-refractivity contribution < 1.29 is 0 Å². The van der Waals surface area contributed by atoms with Crippen LogP contribution >= 0.6 is 0 Å². The predicted octanol–water partition coefficient (Wildman–Crippen LogP) is 0.139. The number of aromatic amines is 1. The van der Waals surface area contributed by atoms with Crippen LogP contribution in [0.3, 0.4) is 0 Å². The van der Waals surface area contributed by atoms with Crippen LogP contribution in [-0.2, 0) is 6.54 Å². The van der Waals surface area contributed by atoms with Gasteiger partial charge in [-0.05, 0) is 6.92 Å². The summed E-state index contributed by atoms with van der Waals surface area (Å²) in [6.07, 6.45) is 2.97. The minimum Gasteiger partial charge on any atom is -0.292 e. The second kappa shape index (κ2) is 2.44. The summed E-state index contributed by atoms with van der Waals surface area (Å²) in [5.74, 6) is 0. The zero-order chi connectivity index (χ0) is 8.55. The summed E-state index contributed by atoms with van der Waals surface area (Å²) in [7, 11) is 0. The average molecular weight is 164 g/mol. The van der Waals surface area contributed by atoms with Gasteiger partial charge in [-0.3, -0.25) is 14.6 Å². The molecule has 0 amide bonds. The Morgan fingerprint density at radius 2 is 2.50 bits per heavy atom. The normalized spacial score (nSPS) is 10.8. The van der Waals surface area contributed by atoms with Crippen molar-refractivity contribution in [3.8, 4) is 0 Å². The summed E-state index contributed by atoms with van der Waals surface area (Å²) in [6.45, 7) is 2.51. The summed E-state index contributed by atoms with van der Waals surface area (Å²) in [5.41, 5.74) is 1.05. The molecule has 5 nitrogen and oxygen atoms in total. The first-order valence-electron chi connectivity index (χ1n) is 3.71. The second-order valence-electron chi connectivity index (χ2n) is 2.45. The van der Waals surface area contributed by atoms with Crippen LogP contribution in [-0.4, -0.2) is 19.7 Å². The molecule has 2 heterocycles. The van der Waals surface area contributed by atoms with E-state index in [9.17, 15) is 4.79 Å². The Balaban J connectivity index is 2.88. The number of hydrogen-bond acceptors (Lipinski definition) is 3. The predicted molar refractivity (Wildman–Crippen MR) is 43.8 cm³/mol. The van der Waals surface area contributed by atoms with Crippen molar-refractivity contribution in [2.24, 2.45) is 0 Å². The van der Waals surface area contributed by atoms with E-state index in [4.69, 9.17) is 0 Å². The number of nitrogens with one attached hydrogen (secondary N) is 1. The third kappa shape index (κ3) is 0.827. The summed E-state index contributed by atoms with van der Waals surface area (Å²) in [6, 6.07) is 0. The highest BCUT2D eigenvalue weighted by Crippen LogP contribution is 1.99. The standard InChI is InChI=1S/C7H8N4O/c1-2-11-7(12)6-5(10-11)3-8-4-9-6/h3-4,10H,2H2,1H3. The van der Waals surface area contributed by atoms with Gasteiger partial charge in [0.15, 0.2) is 5.52 Å². The number of fused-ring (bicyclic) bond motifs is 1. The van der Waals surface area contributed by atoms with Crippen LogP contribution in [0.25, 0.3) is 11.0 Å². The fourth-order valence-corrected chi connectivity index (χ4v) is 1.13. The molecule has 2 aromatic heterocycles. The van der Waals surface area contributed by atoms with Crippen molar-refractivity contribution in [2.45, 2.75) is 13.5 Å². The van der Waals surface area contributed by atoms with Crippen LogP contribution in [0.5, 0.6) is 0 Å². The van der Waals surface area contributed by atoms with E-state index in [2.05, 4.69) is 15.1 Å². The molecule has 1 N–H and O–H groups in total. The SMILES string of the molecule is CCn1[nH]c2cncnc2c1=O. The molecular formula is C7H8N4O. The van der Waals surface area contributed by atoms with E-state index in [-0.39, 0.29) is 5.56 Å². The smallest absolute Gasteiger partial charge is 0.292 e. The Kier molecular flexibility index (Phi) is 1.43. The fourth-order valence-electron chi connectivity index (χ4n) is 1.13. The summed E-state index contributed by atoms with van der Waals surface area (Å²) in [5, 5.41) is 2.89. The molecule has 0 aromatic carbocycles. The first-order valence-corrected chi connectivity index (χ1v) is 3.71. The third-order valence-electron chi connectivity index (χ3n) is 1.73. The fraction of sp³-hybridized carbons (Fsp3) is 0.286. The molecule has 0 unspecified atom stereocenters. The molecule has 62 valence electrons. The molecule has 12 heavy (non-hydrogen) atoms. The quantitative estimate of drug-likeness (QED) is 0.652. The molecule has 0 aliphatic heterocycles. The number of nitrogens with zero attached hydrogens (tertiary/aromatic N) is 3. The van der Waals surface area contributed by atoms with Gasteiger partial charge in [0.1, 0.15) is 11.8 Å².